The highest BCUT2D eigenvalue weighted by Gasteiger charge is 2.19. The molecule has 3 rings (SSSR count). The van der Waals surface area contributed by atoms with E-state index in [1.807, 2.05) is 17.5 Å². The van der Waals surface area contributed by atoms with Crippen LogP contribution in [0.2, 0.25) is 0 Å². The maximum absolute atomic E-state index is 12.6. The first-order valence-corrected chi connectivity index (χ1v) is 11.1. The molecule has 2 aromatic carbocycles. The molecule has 0 bridgehead atoms. The number of nitro groups is 1. The van der Waals surface area contributed by atoms with Crippen LogP contribution in [0.4, 0.5) is 11.4 Å². The Labute approximate surface area is 172 Å². The van der Waals surface area contributed by atoms with Gasteiger partial charge in [-0.25, -0.2) is 8.42 Å². The van der Waals surface area contributed by atoms with Crippen LogP contribution in [0.25, 0.3) is 0 Å². The highest BCUT2D eigenvalue weighted by Crippen LogP contribution is 2.24. The first kappa shape index (κ1) is 20.7. The minimum atomic E-state index is -3.80. The fourth-order valence-corrected chi connectivity index (χ4v) is 4.71. The standard InChI is InChI=1S/C20H18N2O5S2/c23-20(5-1-3-17-4-2-14-28-17)21-15-6-10-18(11-7-15)29(26,27)19-12-8-16(9-13-19)22(24)25/h2,4,6-14H,1,3,5H2,(H,21,23). The van der Waals surface area contributed by atoms with E-state index in [0.717, 1.165) is 25.0 Å². The molecule has 0 aliphatic heterocycles. The lowest BCUT2D eigenvalue weighted by molar-refractivity contribution is -0.384. The van der Waals surface area contributed by atoms with Gasteiger partial charge in [0.05, 0.1) is 14.7 Å². The van der Waals surface area contributed by atoms with E-state index in [-0.39, 0.29) is 21.4 Å². The SMILES string of the molecule is O=C(CCCc1cccs1)Nc1ccc(S(=O)(=O)c2ccc([N+](=O)[O-])cc2)cc1. The van der Waals surface area contributed by atoms with E-state index in [1.54, 1.807) is 11.3 Å². The van der Waals surface area contributed by atoms with Crippen molar-refractivity contribution in [3.63, 3.8) is 0 Å². The zero-order valence-corrected chi connectivity index (χ0v) is 16.9. The monoisotopic (exact) mass is 430 g/mol. The molecular formula is C20H18N2O5S2. The molecule has 0 atom stereocenters. The van der Waals surface area contributed by atoms with Gasteiger partial charge in [0, 0.05) is 29.1 Å². The van der Waals surface area contributed by atoms with Crippen molar-refractivity contribution in [1.82, 2.24) is 0 Å². The highest BCUT2D eigenvalue weighted by molar-refractivity contribution is 7.91. The third kappa shape index (κ3) is 5.27. The van der Waals surface area contributed by atoms with Gasteiger partial charge < -0.3 is 5.32 Å². The van der Waals surface area contributed by atoms with E-state index >= 15 is 0 Å². The third-order valence-electron chi connectivity index (χ3n) is 4.21. The van der Waals surface area contributed by atoms with Crippen LogP contribution in [-0.4, -0.2) is 19.2 Å². The zero-order chi connectivity index (χ0) is 20.9. The maximum atomic E-state index is 12.6. The van der Waals surface area contributed by atoms with Crippen molar-refractivity contribution in [3.8, 4) is 0 Å². The predicted molar refractivity (Wildman–Crippen MR) is 111 cm³/mol. The molecule has 29 heavy (non-hydrogen) atoms. The Kier molecular flexibility index (Phi) is 6.40. The zero-order valence-electron chi connectivity index (χ0n) is 15.3. The summed E-state index contributed by atoms with van der Waals surface area (Å²) in [6.45, 7) is 0. The lowest BCUT2D eigenvalue weighted by atomic mass is 10.2. The maximum Gasteiger partial charge on any atom is 0.269 e. The molecule has 1 N–H and O–H groups in total. The number of nitrogens with one attached hydrogen (secondary N) is 1. The number of sulfone groups is 1. The number of hydrogen-bond acceptors (Lipinski definition) is 6. The second kappa shape index (κ2) is 8.97. The summed E-state index contributed by atoms with van der Waals surface area (Å²) in [6.07, 6.45) is 1.96. The van der Waals surface area contributed by atoms with Gasteiger partial charge in [-0.05, 0) is 60.7 Å². The molecule has 7 nitrogen and oxygen atoms in total. The van der Waals surface area contributed by atoms with Gasteiger partial charge in [-0.3, -0.25) is 14.9 Å². The number of nitrogens with zero attached hydrogens (tertiary/aromatic N) is 1. The van der Waals surface area contributed by atoms with Crippen molar-refractivity contribution in [3.05, 3.63) is 81.0 Å². The molecule has 0 saturated carbocycles. The fraction of sp³-hybridized carbons (Fsp3) is 0.150. The lowest BCUT2D eigenvalue weighted by Crippen LogP contribution is -2.11. The average Bonchev–Trinajstić information content (AvgIpc) is 3.22. The Bertz CT molecular complexity index is 1090. The van der Waals surface area contributed by atoms with Crippen LogP contribution in [0.3, 0.4) is 0 Å². The van der Waals surface area contributed by atoms with Crippen LogP contribution in [0.15, 0.2) is 75.8 Å². The molecule has 3 aromatic rings. The molecular weight excluding hydrogens is 412 g/mol. The van der Waals surface area contributed by atoms with E-state index in [0.29, 0.717) is 12.1 Å². The molecule has 0 radical (unpaired) electrons. The average molecular weight is 431 g/mol. The summed E-state index contributed by atoms with van der Waals surface area (Å²) in [6, 6.07) is 14.6. The summed E-state index contributed by atoms with van der Waals surface area (Å²) in [5.74, 6) is -0.132. The van der Waals surface area contributed by atoms with Crippen molar-refractivity contribution in [2.45, 2.75) is 29.1 Å². The highest BCUT2D eigenvalue weighted by atomic mass is 32.2. The van der Waals surface area contributed by atoms with Crippen LogP contribution < -0.4 is 5.32 Å². The predicted octanol–water partition coefficient (Wildman–Crippen LogP) is 4.45. The molecule has 1 amide bonds. The fourth-order valence-electron chi connectivity index (χ4n) is 2.70. The Morgan fingerprint density at radius 1 is 1.00 bits per heavy atom. The molecule has 0 aliphatic rings. The van der Waals surface area contributed by atoms with Gasteiger partial charge >= 0.3 is 0 Å². The van der Waals surface area contributed by atoms with Gasteiger partial charge in [0.25, 0.3) is 5.69 Å². The van der Waals surface area contributed by atoms with Crippen molar-refractivity contribution in [2.75, 3.05) is 5.32 Å². The van der Waals surface area contributed by atoms with Crippen molar-refractivity contribution >= 4 is 38.5 Å². The lowest BCUT2D eigenvalue weighted by Gasteiger charge is -2.08. The molecule has 0 fully saturated rings. The summed E-state index contributed by atoms with van der Waals surface area (Å²) in [5.41, 5.74) is 0.329. The molecule has 150 valence electrons. The van der Waals surface area contributed by atoms with Gasteiger partial charge in [-0.1, -0.05) is 6.07 Å². The largest absolute Gasteiger partial charge is 0.326 e. The minimum Gasteiger partial charge on any atom is -0.326 e. The van der Waals surface area contributed by atoms with Gasteiger partial charge in [-0.2, -0.15) is 0 Å². The molecule has 0 unspecified atom stereocenters. The van der Waals surface area contributed by atoms with Crippen molar-refractivity contribution in [2.24, 2.45) is 0 Å². The number of anilines is 1. The first-order chi connectivity index (χ1) is 13.9. The van der Waals surface area contributed by atoms with E-state index in [2.05, 4.69) is 5.32 Å². The molecule has 1 heterocycles. The van der Waals surface area contributed by atoms with Gasteiger partial charge in [0.2, 0.25) is 15.7 Å². The summed E-state index contributed by atoms with van der Waals surface area (Å²) in [5, 5.41) is 15.5. The number of rotatable bonds is 8. The smallest absolute Gasteiger partial charge is 0.269 e. The summed E-state index contributed by atoms with van der Waals surface area (Å²) >= 11 is 1.66. The normalized spacial score (nSPS) is 11.2. The van der Waals surface area contributed by atoms with Crippen LogP contribution in [-0.2, 0) is 21.1 Å². The number of hydrogen-bond donors (Lipinski definition) is 1. The Morgan fingerprint density at radius 3 is 2.17 bits per heavy atom. The quantitative estimate of drug-likeness (QED) is 0.420. The Hall–Kier alpha value is -3.04. The molecule has 0 saturated heterocycles. The Balaban J connectivity index is 1.61. The number of carbonyl (C=O) groups excluding carboxylic acids is 1. The van der Waals surface area contributed by atoms with Crippen LogP contribution in [0.5, 0.6) is 0 Å². The van der Waals surface area contributed by atoms with E-state index < -0.39 is 14.8 Å². The van der Waals surface area contributed by atoms with E-state index in [9.17, 15) is 23.3 Å². The van der Waals surface area contributed by atoms with Gasteiger partial charge in [0.15, 0.2) is 0 Å². The van der Waals surface area contributed by atoms with Crippen LogP contribution in [0, 0.1) is 10.1 Å². The van der Waals surface area contributed by atoms with Crippen molar-refractivity contribution < 1.29 is 18.1 Å². The number of carbonyl (C=O) groups is 1. The Morgan fingerprint density at radius 2 is 1.62 bits per heavy atom. The van der Waals surface area contributed by atoms with Crippen molar-refractivity contribution in [1.29, 1.82) is 0 Å². The number of aryl methyl sites for hydroxylation is 1. The first-order valence-electron chi connectivity index (χ1n) is 8.78. The third-order valence-corrected chi connectivity index (χ3v) is 6.94. The molecule has 1 aromatic heterocycles. The molecule has 9 heteroatoms. The summed E-state index contributed by atoms with van der Waals surface area (Å²) in [4.78, 5) is 23.4. The number of nitro benzene ring substituents is 1. The number of amides is 1. The number of non-ortho nitro benzene ring substituents is 1. The minimum absolute atomic E-state index is 0.0338. The molecule has 0 aliphatic carbocycles. The second-order valence-electron chi connectivity index (χ2n) is 6.26. The summed E-state index contributed by atoms with van der Waals surface area (Å²) < 4.78 is 25.3. The van der Waals surface area contributed by atoms with Crippen LogP contribution >= 0.6 is 11.3 Å². The van der Waals surface area contributed by atoms with E-state index in [1.165, 1.54) is 41.3 Å². The topological polar surface area (TPSA) is 106 Å². The van der Waals surface area contributed by atoms with Crippen LogP contribution in [0.1, 0.15) is 17.7 Å². The van der Waals surface area contributed by atoms with Gasteiger partial charge in [0.1, 0.15) is 0 Å². The second-order valence-corrected chi connectivity index (χ2v) is 9.24. The summed E-state index contributed by atoms with van der Waals surface area (Å²) in [7, 11) is -3.80. The number of benzene rings is 2. The van der Waals surface area contributed by atoms with E-state index in [4.69, 9.17) is 0 Å². The van der Waals surface area contributed by atoms with Gasteiger partial charge in [-0.15, -0.1) is 11.3 Å². The molecule has 0 spiro atoms. The number of thiophene rings is 1.